The summed E-state index contributed by atoms with van der Waals surface area (Å²) in [6.45, 7) is 4.95. The summed E-state index contributed by atoms with van der Waals surface area (Å²) in [7, 11) is 3.26. The molecule has 1 aromatic carbocycles. The first-order chi connectivity index (χ1) is 9.62. The Morgan fingerprint density at radius 1 is 1.25 bits per heavy atom. The number of hydrogen-bond donors (Lipinski definition) is 1. The van der Waals surface area contributed by atoms with E-state index in [-0.39, 0.29) is 0 Å². The number of benzene rings is 1. The lowest BCUT2D eigenvalue weighted by molar-refractivity contribution is 0.395. The van der Waals surface area contributed by atoms with Crippen molar-refractivity contribution >= 4 is 5.82 Å². The van der Waals surface area contributed by atoms with Crippen molar-refractivity contribution in [1.82, 2.24) is 9.55 Å². The molecule has 5 heteroatoms. The van der Waals surface area contributed by atoms with Crippen molar-refractivity contribution in [3.05, 3.63) is 24.0 Å². The van der Waals surface area contributed by atoms with Crippen LogP contribution in [-0.2, 0) is 6.54 Å². The number of hydrogen-bond acceptors (Lipinski definition) is 4. The summed E-state index contributed by atoms with van der Waals surface area (Å²) in [5.74, 6) is 3.04. The molecule has 0 amide bonds. The highest BCUT2D eigenvalue weighted by Gasteiger charge is 2.17. The van der Waals surface area contributed by atoms with Gasteiger partial charge in [0.2, 0.25) is 0 Å². The minimum absolute atomic E-state index is 0.674. The molecule has 0 spiro atoms. The van der Waals surface area contributed by atoms with Crippen LogP contribution in [0, 0.1) is 6.92 Å². The van der Waals surface area contributed by atoms with E-state index in [1.54, 1.807) is 14.2 Å². The van der Waals surface area contributed by atoms with E-state index in [4.69, 9.17) is 15.2 Å². The molecule has 0 fully saturated rings. The molecule has 0 atom stereocenters. The van der Waals surface area contributed by atoms with Crippen LogP contribution in [0.3, 0.4) is 0 Å². The zero-order valence-corrected chi connectivity index (χ0v) is 12.4. The maximum atomic E-state index is 6.23. The number of methoxy groups -OCH3 is 2. The summed E-state index contributed by atoms with van der Waals surface area (Å²) in [6.07, 6.45) is 1.01. The SMILES string of the molecule is CCCn1c(C)nc(-c2ccc(OC)cc2OC)c1N. The fourth-order valence-corrected chi connectivity index (χ4v) is 2.28. The standard InChI is InChI=1S/C15H21N3O2/c1-5-8-18-10(2)17-14(15(18)16)12-7-6-11(19-3)9-13(12)20-4/h6-7,9H,5,8,16H2,1-4H3. The van der Waals surface area contributed by atoms with Gasteiger partial charge in [-0.15, -0.1) is 0 Å². The first-order valence-corrected chi connectivity index (χ1v) is 6.67. The predicted molar refractivity (Wildman–Crippen MR) is 80.2 cm³/mol. The molecule has 0 aliphatic heterocycles. The number of nitrogen functional groups attached to an aromatic ring is 1. The molecule has 1 heterocycles. The van der Waals surface area contributed by atoms with Crippen LogP contribution in [-0.4, -0.2) is 23.8 Å². The first kappa shape index (κ1) is 14.2. The van der Waals surface area contributed by atoms with Gasteiger partial charge < -0.3 is 19.8 Å². The molecule has 0 saturated heterocycles. The summed E-state index contributed by atoms with van der Waals surface area (Å²) in [4.78, 5) is 4.58. The van der Waals surface area contributed by atoms with Crippen LogP contribution >= 0.6 is 0 Å². The Hall–Kier alpha value is -2.17. The minimum Gasteiger partial charge on any atom is -0.497 e. The monoisotopic (exact) mass is 275 g/mol. The van der Waals surface area contributed by atoms with Gasteiger partial charge in [-0.2, -0.15) is 0 Å². The number of imidazole rings is 1. The molecular weight excluding hydrogens is 254 g/mol. The molecule has 5 nitrogen and oxygen atoms in total. The van der Waals surface area contributed by atoms with Crippen molar-refractivity contribution < 1.29 is 9.47 Å². The van der Waals surface area contributed by atoms with Gasteiger partial charge in [0, 0.05) is 18.2 Å². The van der Waals surface area contributed by atoms with Crippen molar-refractivity contribution in [3.8, 4) is 22.8 Å². The Bertz CT molecular complexity index is 605. The number of rotatable bonds is 5. The van der Waals surface area contributed by atoms with E-state index in [1.807, 2.05) is 29.7 Å². The Balaban J connectivity index is 2.54. The molecular formula is C15H21N3O2. The third-order valence-electron chi connectivity index (χ3n) is 3.31. The predicted octanol–water partition coefficient (Wildman–Crippen LogP) is 2.87. The van der Waals surface area contributed by atoms with E-state index in [0.29, 0.717) is 11.6 Å². The average Bonchev–Trinajstić information content (AvgIpc) is 2.75. The van der Waals surface area contributed by atoms with E-state index in [9.17, 15) is 0 Å². The fourth-order valence-electron chi connectivity index (χ4n) is 2.28. The minimum atomic E-state index is 0.674. The molecule has 0 saturated carbocycles. The van der Waals surface area contributed by atoms with Gasteiger partial charge in [0.25, 0.3) is 0 Å². The Morgan fingerprint density at radius 3 is 2.60 bits per heavy atom. The van der Waals surface area contributed by atoms with Crippen molar-refractivity contribution in [3.63, 3.8) is 0 Å². The van der Waals surface area contributed by atoms with Gasteiger partial charge in [0.1, 0.15) is 28.8 Å². The summed E-state index contributed by atoms with van der Waals surface area (Å²) >= 11 is 0. The van der Waals surface area contributed by atoms with Crippen molar-refractivity contribution in [1.29, 1.82) is 0 Å². The van der Waals surface area contributed by atoms with Crippen LogP contribution in [0.25, 0.3) is 11.3 Å². The van der Waals surface area contributed by atoms with Crippen LogP contribution < -0.4 is 15.2 Å². The zero-order chi connectivity index (χ0) is 14.7. The summed E-state index contributed by atoms with van der Waals surface area (Å²) in [5, 5.41) is 0. The lowest BCUT2D eigenvalue weighted by Gasteiger charge is -2.10. The highest BCUT2D eigenvalue weighted by atomic mass is 16.5. The maximum absolute atomic E-state index is 6.23. The number of aryl methyl sites for hydroxylation is 1. The molecule has 0 aliphatic carbocycles. The Labute approximate surface area is 119 Å². The molecule has 1 aromatic heterocycles. The van der Waals surface area contributed by atoms with E-state index >= 15 is 0 Å². The highest BCUT2D eigenvalue weighted by Crippen LogP contribution is 2.36. The van der Waals surface area contributed by atoms with E-state index in [0.717, 1.165) is 35.8 Å². The van der Waals surface area contributed by atoms with Crippen molar-refractivity contribution in [2.24, 2.45) is 0 Å². The molecule has 20 heavy (non-hydrogen) atoms. The van der Waals surface area contributed by atoms with Crippen LogP contribution in [0.4, 0.5) is 5.82 Å². The zero-order valence-electron chi connectivity index (χ0n) is 12.4. The van der Waals surface area contributed by atoms with E-state index < -0.39 is 0 Å². The molecule has 0 bridgehead atoms. The molecule has 2 N–H and O–H groups in total. The quantitative estimate of drug-likeness (QED) is 0.911. The van der Waals surface area contributed by atoms with E-state index in [1.165, 1.54) is 0 Å². The summed E-state index contributed by atoms with van der Waals surface area (Å²) in [6, 6.07) is 5.64. The summed E-state index contributed by atoms with van der Waals surface area (Å²) in [5.41, 5.74) is 7.87. The van der Waals surface area contributed by atoms with Gasteiger partial charge in [0.05, 0.1) is 14.2 Å². The number of anilines is 1. The Kier molecular flexibility index (Phi) is 4.17. The van der Waals surface area contributed by atoms with Gasteiger partial charge in [-0.05, 0) is 25.5 Å². The molecule has 2 rings (SSSR count). The summed E-state index contributed by atoms with van der Waals surface area (Å²) < 4.78 is 12.7. The van der Waals surface area contributed by atoms with E-state index in [2.05, 4.69) is 11.9 Å². The topological polar surface area (TPSA) is 62.3 Å². The lowest BCUT2D eigenvalue weighted by Crippen LogP contribution is -2.04. The number of nitrogens with two attached hydrogens (primary N) is 1. The fraction of sp³-hybridized carbons (Fsp3) is 0.400. The average molecular weight is 275 g/mol. The smallest absolute Gasteiger partial charge is 0.132 e. The number of ether oxygens (including phenoxy) is 2. The highest BCUT2D eigenvalue weighted by molar-refractivity contribution is 5.76. The molecule has 0 aliphatic rings. The van der Waals surface area contributed by atoms with Crippen LogP contribution in [0.2, 0.25) is 0 Å². The second kappa shape index (κ2) is 5.86. The van der Waals surface area contributed by atoms with Crippen LogP contribution in [0.5, 0.6) is 11.5 Å². The normalized spacial score (nSPS) is 10.6. The second-order valence-corrected chi connectivity index (χ2v) is 4.61. The largest absolute Gasteiger partial charge is 0.497 e. The van der Waals surface area contributed by atoms with Gasteiger partial charge in [-0.1, -0.05) is 6.92 Å². The number of nitrogens with zero attached hydrogens (tertiary/aromatic N) is 2. The van der Waals surface area contributed by atoms with Gasteiger partial charge in [0.15, 0.2) is 0 Å². The van der Waals surface area contributed by atoms with Crippen molar-refractivity contribution in [2.75, 3.05) is 20.0 Å². The lowest BCUT2D eigenvalue weighted by atomic mass is 10.1. The Morgan fingerprint density at radius 2 is 2.00 bits per heavy atom. The third-order valence-corrected chi connectivity index (χ3v) is 3.31. The first-order valence-electron chi connectivity index (χ1n) is 6.67. The van der Waals surface area contributed by atoms with Gasteiger partial charge >= 0.3 is 0 Å². The molecule has 0 unspecified atom stereocenters. The molecule has 108 valence electrons. The second-order valence-electron chi connectivity index (χ2n) is 4.61. The molecule has 2 aromatic rings. The van der Waals surface area contributed by atoms with Crippen LogP contribution in [0.15, 0.2) is 18.2 Å². The van der Waals surface area contributed by atoms with Gasteiger partial charge in [-0.25, -0.2) is 4.98 Å². The third kappa shape index (κ3) is 2.43. The number of aromatic nitrogens is 2. The van der Waals surface area contributed by atoms with Crippen LogP contribution in [0.1, 0.15) is 19.2 Å². The molecule has 0 radical (unpaired) electrons. The maximum Gasteiger partial charge on any atom is 0.132 e. The van der Waals surface area contributed by atoms with Gasteiger partial charge in [-0.3, -0.25) is 0 Å². The van der Waals surface area contributed by atoms with Crippen molar-refractivity contribution in [2.45, 2.75) is 26.8 Å².